The molecule has 0 fully saturated rings. The molecule has 0 saturated carbocycles. The van der Waals surface area contributed by atoms with Gasteiger partial charge in [-0.2, -0.15) is 5.26 Å². The lowest BCUT2D eigenvalue weighted by Gasteiger charge is -2.09. The standard InChI is InChI=1S/C11H15N3S/c1-2-6-13-10(8-12)9-15-11-5-3-4-7-14-11/h3-5,7,10,13H,2,6,9H2,1H3. The van der Waals surface area contributed by atoms with Gasteiger partial charge in [-0.1, -0.05) is 13.0 Å². The summed E-state index contributed by atoms with van der Waals surface area (Å²) in [7, 11) is 0. The zero-order valence-corrected chi connectivity index (χ0v) is 9.63. The second-order valence-electron chi connectivity index (χ2n) is 3.11. The molecule has 15 heavy (non-hydrogen) atoms. The van der Waals surface area contributed by atoms with Gasteiger partial charge in [-0.15, -0.1) is 11.8 Å². The molecule has 0 aliphatic carbocycles. The van der Waals surface area contributed by atoms with E-state index in [2.05, 4.69) is 23.3 Å². The number of thioether (sulfide) groups is 1. The first-order valence-corrected chi connectivity index (χ1v) is 6.02. The van der Waals surface area contributed by atoms with E-state index in [1.54, 1.807) is 18.0 Å². The minimum atomic E-state index is -0.0862. The molecule has 1 unspecified atom stereocenters. The normalized spacial score (nSPS) is 12.0. The molecule has 1 aromatic rings. The molecule has 0 saturated heterocycles. The van der Waals surface area contributed by atoms with Crippen LogP contribution in [-0.2, 0) is 0 Å². The van der Waals surface area contributed by atoms with Crippen LogP contribution in [0.1, 0.15) is 13.3 Å². The van der Waals surface area contributed by atoms with Gasteiger partial charge in [0.2, 0.25) is 0 Å². The fourth-order valence-electron chi connectivity index (χ4n) is 1.06. The Balaban J connectivity index is 2.32. The molecule has 1 atom stereocenters. The summed E-state index contributed by atoms with van der Waals surface area (Å²) in [5.74, 6) is 0.744. The van der Waals surface area contributed by atoms with Crippen molar-refractivity contribution in [3.05, 3.63) is 24.4 Å². The van der Waals surface area contributed by atoms with E-state index in [4.69, 9.17) is 5.26 Å². The maximum atomic E-state index is 8.88. The second-order valence-corrected chi connectivity index (χ2v) is 4.16. The van der Waals surface area contributed by atoms with Crippen molar-refractivity contribution >= 4 is 11.8 Å². The summed E-state index contributed by atoms with van der Waals surface area (Å²) in [6.07, 6.45) is 2.82. The number of nitrogens with one attached hydrogen (secondary N) is 1. The van der Waals surface area contributed by atoms with Gasteiger partial charge in [0.1, 0.15) is 6.04 Å². The third-order valence-corrected chi connectivity index (χ3v) is 2.87. The van der Waals surface area contributed by atoms with Gasteiger partial charge in [0.05, 0.1) is 11.1 Å². The molecule has 0 bridgehead atoms. The summed E-state index contributed by atoms with van der Waals surface area (Å²) in [6, 6.07) is 7.96. The third-order valence-electron chi connectivity index (χ3n) is 1.83. The van der Waals surface area contributed by atoms with Crippen LogP contribution < -0.4 is 5.32 Å². The highest BCUT2D eigenvalue weighted by Gasteiger charge is 2.06. The summed E-state index contributed by atoms with van der Waals surface area (Å²) >= 11 is 1.61. The summed E-state index contributed by atoms with van der Waals surface area (Å²) in [5.41, 5.74) is 0. The molecular weight excluding hydrogens is 206 g/mol. The van der Waals surface area contributed by atoms with E-state index in [1.807, 2.05) is 18.2 Å². The molecule has 0 radical (unpaired) electrons. The lowest BCUT2D eigenvalue weighted by molar-refractivity contribution is 0.637. The predicted molar refractivity (Wildman–Crippen MR) is 62.7 cm³/mol. The smallest absolute Gasteiger partial charge is 0.105 e. The number of hydrogen-bond acceptors (Lipinski definition) is 4. The van der Waals surface area contributed by atoms with E-state index in [1.165, 1.54) is 0 Å². The lowest BCUT2D eigenvalue weighted by atomic mass is 10.3. The van der Waals surface area contributed by atoms with Crippen LogP contribution in [-0.4, -0.2) is 23.3 Å². The molecule has 80 valence electrons. The average molecular weight is 221 g/mol. The number of hydrogen-bond donors (Lipinski definition) is 1. The zero-order chi connectivity index (χ0) is 10.9. The van der Waals surface area contributed by atoms with E-state index in [0.717, 1.165) is 23.7 Å². The van der Waals surface area contributed by atoms with Crippen molar-refractivity contribution in [2.24, 2.45) is 0 Å². The number of rotatable bonds is 6. The fourth-order valence-corrected chi connectivity index (χ4v) is 1.90. The van der Waals surface area contributed by atoms with Crippen molar-refractivity contribution in [1.82, 2.24) is 10.3 Å². The molecule has 0 aliphatic rings. The second kappa shape index (κ2) is 7.27. The Morgan fingerprint density at radius 1 is 1.60 bits per heavy atom. The highest BCUT2D eigenvalue weighted by molar-refractivity contribution is 7.99. The minimum Gasteiger partial charge on any atom is -0.301 e. The van der Waals surface area contributed by atoms with Gasteiger partial charge in [0.25, 0.3) is 0 Å². The third kappa shape index (κ3) is 4.82. The van der Waals surface area contributed by atoms with E-state index < -0.39 is 0 Å². The largest absolute Gasteiger partial charge is 0.301 e. The molecule has 3 nitrogen and oxygen atoms in total. The molecule has 4 heteroatoms. The Morgan fingerprint density at radius 3 is 3.07 bits per heavy atom. The van der Waals surface area contributed by atoms with Crippen molar-refractivity contribution in [3.8, 4) is 6.07 Å². The van der Waals surface area contributed by atoms with Crippen LogP contribution in [0.4, 0.5) is 0 Å². The van der Waals surface area contributed by atoms with E-state index in [0.29, 0.717) is 0 Å². The molecule has 0 spiro atoms. The van der Waals surface area contributed by atoms with Crippen LogP contribution in [0.25, 0.3) is 0 Å². The Morgan fingerprint density at radius 2 is 2.47 bits per heavy atom. The lowest BCUT2D eigenvalue weighted by Crippen LogP contribution is -2.30. The van der Waals surface area contributed by atoms with Gasteiger partial charge in [-0.3, -0.25) is 0 Å². The first-order valence-electron chi connectivity index (χ1n) is 5.03. The Kier molecular flexibility index (Phi) is 5.83. The Hall–Kier alpha value is -1.05. The maximum Gasteiger partial charge on any atom is 0.105 e. The summed E-state index contributed by atoms with van der Waals surface area (Å²) < 4.78 is 0. The molecule has 0 amide bonds. The molecule has 1 heterocycles. The van der Waals surface area contributed by atoms with Gasteiger partial charge in [-0.25, -0.2) is 4.98 Å². The fraction of sp³-hybridized carbons (Fsp3) is 0.455. The van der Waals surface area contributed by atoms with Crippen LogP contribution in [0.15, 0.2) is 29.4 Å². The number of pyridine rings is 1. The van der Waals surface area contributed by atoms with Crippen molar-refractivity contribution in [2.75, 3.05) is 12.3 Å². The van der Waals surface area contributed by atoms with Gasteiger partial charge in [0.15, 0.2) is 0 Å². The number of aromatic nitrogens is 1. The predicted octanol–water partition coefficient (Wildman–Crippen LogP) is 2.07. The van der Waals surface area contributed by atoms with Crippen LogP contribution in [0.2, 0.25) is 0 Å². The minimum absolute atomic E-state index is 0.0862. The first-order chi connectivity index (χ1) is 7.36. The van der Waals surface area contributed by atoms with Crippen LogP contribution in [0, 0.1) is 11.3 Å². The molecule has 1 N–H and O–H groups in total. The van der Waals surface area contributed by atoms with Crippen LogP contribution in [0.5, 0.6) is 0 Å². The van der Waals surface area contributed by atoms with Crippen LogP contribution >= 0.6 is 11.8 Å². The quantitative estimate of drug-likeness (QED) is 0.747. The molecule has 1 aromatic heterocycles. The van der Waals surface area contributed by atoms with Gasteiger partial charge >= 0.3 is 0 Å². The molecular formula is C11H15N3S. The van der Waals surface area contributed by atoms with E-state index in [9.17, 15) is 0 Å². The molecule has 0 aromatic carbocycles. The molecule has 1 rings (SSSR count). The highest BCUT2D eigenvalue weighted by atomic mass is 32.2. The summed E-state index contributed by atoms with van der Waals surface area (Å²) in [6.45, 7) is 2.98. The van der Waals surface area contributed by atoms with Crippen molar-refractivity contribution < 1.29 is 0 Å². The van der Waals surface area contributed by atoms with E-state index in [-0.39, 0.29) is 6.04 Å². The Bertz CT molecular complexity index is 307. The van der Waals surface area contributed by atoms with E-state index >= 15 is 0 Å². The zero-order valence-electron chi connectivity index (χ0n) is 8.81. The summed E-state index contributed by atoms with van der Waals surface area (Å²) in [4.78, 5) is 4.19. The number of nitrogens with zero attached hydrogens (tertiary/aromatic N) is 2. The van der Waals surface area contributed by atoms with Crippen molar-refractivity contribution in [2.45, 2.75) is 24.4 Å². The maximum absolute atomic E-state index is 8.88. The monoisotopic (exact) mass is 221 g/mol. The molecule has 0 aliphatic heterocycles. The Labute approximate surface area is 94.9 Å². The van der Waals surface area contributed by atoms with Gasteiger partial charge < -0.3 is 5.32 Å². The SMILES string of the molecule is CCCNC(C#N)CSc1ccccn1. The van der Waals surface area contributed by atoms with Gasteiger partial charge in [-0.05, 0) is 25.1 Å². The highest BCUT2D eigenvalue weighted by Crippen LogP contribution is 2.14. The van der Waals surface area contributed by atoms with Crippen LogP contribution in [0.3, 0.4) is 0 Å². The number of nitriles is 1. The topological polar surface area (TPSA) is 48.7 Å². The van der Waals surface area contributed by atoms with Crippen molar-refractivity contribution in [1.29, 1.82) is 5.26 Å². The van der Waals surface area contributed by atoms with Gasteiger partial charge in [0, 0.05) is 11.9 Å². The summed E-state index contributed by atoms with van der Waals surface area (Å²) in [5, 5.41) is 13.0. The van der Waals surface area contributed by atoms with Crippen molar-refractivity contribution in [3.63, 3.8) is 0 Å². The first kappa shape index (κ1) is 12.0. The average Bonchev–Trinajstić information content (AvgIpc) is 2.31.